The van der Waals surface area contributed by atoms with E-state index in [0.29, 0.717) is 0 Å². The first kappa shape index (κ1) is 29.1. The van der Waals surface area contributed by atoms with Crippen LogP contribution in [0, 0.1) is 0 Å². The second-order valence-corrected chi connectivity index (χ2v) is 14.3. The summed E-state index contributed by atoms with van der Waals surface area (Å²) in [5.41, 5.74) is 13.6. The van der Waals surface area contributed by atoms with Gasteiger partial charge < -0.3 is 4.90 Å². The van der Waals surface area contributed by atoms with E-state index >= 15 is 0 Å². The number of aromatic nitrogens is 3. The van der Waals surface area contributed by atoms with Crippen molar-refractivity contribution in [1.82, 2.24) is 15.0 Å². The number of nitrogens with zero attached hydrogens (tertiary/aromatic N) is 4. The van der Waals surface area contributed by atoms with Gasteiger partial charge in [-0.1, -0.05) is 66.7 Å². The highest BCUT2D eigenvalue weighted by atomic mass is 32.1. The first-order chi connectivity index (χ1) is 25.8. The lowest BCUT2D eigenvalue weighted by atomic mass is 9.87. The molecule has 0 amide bonds. The highest BCUT2D eigenvalue weighted by molar-refractivity contribution is 7.26. The molecule has 5 heteroatoms. The third kappa shape index (κ3) is 4.36. The van der Waals surface area contributed by atoms with Crippen LogP contribution in [-0.4, -0.2) is 15.0 Å². The van der Waals surface area contributed by atoms with Crippen molar-refractivity contribution in [3.05, 3.63) is 171 Å². The largest absolute Gasteiger partial charge is 0.309 e. The third-order valence-electron chi connectivity index (χ3n) is 10.4. The molecule has 11 rings (SSSR count). The fourth-order valence-corrected chi connectivity index (χ4v) is 9.42. The van der Waals surface area contributed by atoms with Gasteiger partial charge >= 0.3 is 0 Å². The van der Waals surface area contributed by atoms with E-state index in [9.17, 15) is 0 Å². The highest BCUT2D eigenvalue weighted by Gasteiger charge is 2.31. The quantitative estimate of drug-likeness (QED) is 0.186. The van der Waals surface area contributed by atoms with Gasteiger partial charge in [0.25, 0.3) is 0 Å². The molecule has 242 valence electrons. The zero-order valence-electron chi connectivity index (χ0n) is 27.9. The Hall–Kier alpha value is -6.69. The molecular formula is C47H28N4S. The summed E-state index contributed by atoms with van der Waals surface area (Å²) in [6, 6.07) is 50.8. The van der Waals surface area contributed by atoms with Crippen molar-refractivity contribution < 1.29 is 0 Å². The third-order valence-corrected chi connectivity index (χ3v) is 11.6. The van der Waals surface area contributed by atoms with Gasteiger partial charge in [0.05, 0.1) is 16.9 Å². The summed E-state index contributed by atoms with van der Waals surface area (Å²) >= 11 is 1.89. The molecule has 0 N–H and O–H groups in total. The molecule has 4 nitrogen and oxygen atoms in total. The molecule has 0 fully saturated rings. The Kier molecular flexibility index (Phi) is 6.39. The van der Waals surface area contributed by atoms with E-state index in [-0.39, 0.29) is 0 Å². The topological polar surface area (TPSA) is 41.9 Å². The van der Waals surface area contributed by atoms with Crippen LogP contribution in [0.1, 0.15) is 0 Å². The van der Waals surface area contributed by atoms with E-state index in [1.165, 1.54) is 53.2 Å². The van der Waals surface area contributed by atoms with Crippen molar-refractivity contribution in [1.29, 1.82) is 0 Å². The number of pyridine rings is 3. The van der Waals surface area contributed by atoms with E-state index < -0.39 is 0 Å². The van der Waals surface area contributed by atoms with Crippen LogP contribution >= 0.6 is 11.3 Å². The number of anilines is 3. The summed E-state index contributed by atoms with van der Waals surface area (Å²) < 4.78 is 2.60. The molecule has 0 saturated carbocycles. The van der Waals surface area contributed by atoms with Crippen LogP contribution in [0.2, 0.25) is 0 Å². The minimum Gasteiger partial charge on any atom is -0.309 e. The predicted octanol–water partition coefficient (Wildman–Crippen LogP) is 13.0. The maximum atomic E-state index is 4.90. The van der Waals surface area contributed by atoms with Gasteiger partial charge in [-0.25, -0.2) is 0 Å². The molecule has 52 heavy (non-hydrogen) atoms. The van der Waals surface area contributed by atoms with Crippen molar-refractivity contribution in [3.8, 4) is 44.5 Å². The molecule has 0 saturated heterocycles. The summed E-state index contributed by atoms with van der Waals surface area (Å²) in [5.74, 6) is 0. The van der Waals surface area contributed by atoms with Crippen molar-refractivity contribution in [2.24, 2.45) is 0 Å². The standard InChI is InChI=1S/C47H28N4S/c1-2-10-36-35(9-1)44-37-11-3-5-13-41(37)51(34-25-32(29-15-20-48-21-16-29)24-33(26-34)30-17-22-49-23-18-30)42-28-40-31(8-7-19-50-40)27-39(42)46(44)47-45(36)38-12-4-6-14-43(38)52-47/h1-28H. The molecule has 5 heterocycles. The minimum atomic E-state index is 0.959. The second-order valence-electron chi connectivity index (χ2n) is 13.3. The van der Waals surface area contributed by atoms with E-state index in [4.69, 9.17) is 4.98 Å². The fraction of sp³-hybridized carbons (Fsp3) is 0. The Morgan fingerprint density at radius 2 is 1.13 bits per heavy atom. The number of rotatable bonds is 3. The average Bonchev–Trinajstić information content (AvgIpc) is 3.55. The van der Waals surface area contributed by atoms with Gasteiger partial charge in [0.1, 0.15) is 0 Å². The van der Waals surface area contributed by atoms with Gasteiger partial charge in [0, 0.05) is 84.5 Å². The molecule has 6 aromatic carbocycles. The maximum absolute atomic E-state index is 4.90. The van der Waals surface area contributed by atoms with E-state index in [1.807, 2.05) is 48.4 Å². The van der Waals surface area contributed by atoms with Crippen LogP contribution in [0.3, 0.4) is 0 Å². The zero-order chi connectivity index (χ0) is 34.2. The van der Waals surface area contributed by atoms with Crippen molar-refractivity contribution in [2.75, 3.05) is 4.90 Å². The number of hydrogen-bond acceptors (Lipinski definition) is 5. The van der Waals surface area contributed by atoms with E-state index in [1.54, 1.807) is 0 Å². The van der Waals surface area contributed by atoms with E-state index in [0.717, 1.165) is 50.2 Å². The van der Waals surface area contributed by atoms with Gasteiger partial charge in [0.15, 0.2) is 0 Å². The summed E-state index contributed by atoms with van der Waals surface area (Å²) in [5, 5.41) is 6.26. The Morgan fingerprint density at radius 3 is 1.90 bits per heavy atom. The number of para-hydroxylation sites is 1. The monoisotopic (exact) mass is 680 g/mol. The summed E-state index contributed by atoms with van der Waals surface area (Å²) in [6.45, 7) is 0. The van der Waals surface area contributed by atoms with Gasteiger partial charge in [0.2, 0.25) is 0 Å². The van der Waals surface area contributed by atoms with Crippen molar-refractivity contribution in [2.45, 2.75) is 0 Å². The van der Waals surface area contributed by atoms with Crippen molar-refractivity contribution >= 4 is 70.2 Å². The van der Waals surface area contributed by atoms with Crippen molar-refractivity contribution in [3.63, 3.8) is 0 Å². The molecule has 0 radical (unpaired) electrons. The van der Waals surface area contributed by atoms with Gasteiger partial charge in [-0.2, -0.15) is 0 Å². The molecule has 10 aromatic rings. The fourth-order valence-electron chi connectivity index (χ4n) is 8.14. The van der Waals surface area contributed by atoms with E-state index in [2.05, 4.69) is 148 Å². The Morgan fingerprint density at radius 1 is 0.462 bits per heavy atom. The molecule has 0 bridgehead atoms. The number of thiophene rings is 1. The molecule has 0 aliphatic carbocycles. The Balaban J connectivity index is 1.33. The first-order valence-corrected chi connectivity index (χ1v) is 18.2. The van der Waals surface area contributed by atoms with Crippen LogP contribution < -0.4 is 4.90 Å². The molecule has 1 aliphatic rings. The van der Waals surface area contributed by atoms with Crippen LogP contribution in [0.4, 0.5) is 17.1 Å². The molecule has 4 aromatic heterocycles. The first-order valence-electron chi connectivity index (χ1n) is 17.4. The van der Waals surface area contributed by atoms with Gasteiger partial charge in [-0.3, -0.25) is 15.0 Å². The lowest BCUT2D eigenvalue weighted by molar-refractivity contribution is 1.29. The number of fused-ring (bicyclic) bond motifs is 13. The Labute approximate surface area is 303 Å². The van der Waals surface area contributed by atoms with Crippen LogP contribution in [-0.2, 0) is 0 Å². The molecular weight excluding hydrogens is 653 g/mol. The smallest absolute Gasteiger partial charge is 0.0723 e. The predicted molar refractivity (Wildman–Crippen MR) is 218 cm³/mol. The lowest BCUT2D eigenvalue weighted by Crippen LogP contribution is -2.11. The molecule has 0 spiro atoms. The Bertz CT molecular complexity index is 2970. The lowest BCUT2D eigenvalue weighted by Gasteiger charge is -2.28. The summed E-state index contributed by atoms with van der Waals surface area (Å²) in [4.78, 5) is 16.0. The number of hydrogen-bond donors (Lipinski definition) is 0. The molecule has 0 atom stereocenters. The van der Waals surface area contributed by atoms with Crippen LogP contribution in [0.15, 0.2) is 171 Å². The second kappa shape index (κ2) is 11.4. The van der Waals surface area contributed by atoms with Gasteiger partial charge in [-0.15, -0.1) is 11.3 Å². The van der Waals surface area contributed by atoms with Crippen LogP contribution in [0.5, 0.6) is 0 Å². The average molecular weight is 681 g/mol. The summed E-state index contributed by atoms with van der Waals surface area (Å²) in [7, 11) is 0. The normalized spacial score (nSPS) is 12.2. The summed E-state index contributed by atoms with van der Waals surface area (Å²) in [6.07, 6.45) is 9.34. The molecule has 0 unspecified atom stereocenters. The van der Waals surface area contributed by atoms with Crippen LogP contribution in [0.25, 0.3) is 86.4 Å². The molecule has 1 aliphatic heterocycles. The SMILES string of the molecule is c1ccc2c(c1)-c1c(c3sc4ccccc4c3c3ccccc13)-c1cc3cccnc3cc1N2c1cc(-c2ccncc2)cc(-c2ccncc2)c1. The van der Waals surface area contributed by atoms with Gasteiger partial charge in [-0.05, 0) is 106 Å². The number of benzene rings is 6. The highest BCUT2D eigenvalue weighted by Crippen LogP contribution is 2.58. The minimum absolute atomic E-state index is 0.959. The maximum Gasteiger partial charge on any atom is 0.0723 e. The zero-order valence-corrected chi connectivity index (χ0v) is 28.7.